The van der Waals surface area contributed by atoms with Crippen molar-refractivity contribution in [3.05, 3.63) is 11.2 Å². The molecule has 1 aromatic heterocycles. The van der Waals surface area contributed by atoms with Crippen LogP contribution in [0.5, 0.6) is 0 Å². The second-order valence-corrected chi connectivity index (χ2v) is 8.34. The van der Waals surface area contributed by atoms with Gasteiger partial charge in [0, 0.05) is 38.3 Å². The molecule has 0 unspecified atom stereocenters. The van der Waals surface area contributed by atoms with Gasteiger partial charge in [-0.1, -0.05) is 11.6 Å². The quantitative estimate of drug-likeness (QED) is 0.810. The topological polar surface area (TPSA) is 70.6 Å². The highest BCUT2D eigenvalue weighted by Gasteiger charge is 2.25. The number of nitrogens with zero attached hydrogens (tertiary/aromatic N) is 4. The molecule has 0 spiro atoms. The Morgan fingerprint density at radius 2 is 1.81 bits per heavy atom. The molecule has 2 saturated heterocycles. The monoisotopic (exact) mass is 381 g/mol. The van der Waals surface area contributed by atoms with E-state index in [0.717, 1.165) is 44.8 Å². The van der Waals surface area contributed by atoms with Gasteiger partial charge in [0.15, 0.2) is 0 Å². The standard InChI is InChI=1S/C18H28ClN5O2/c1-18(2,3)26-17(25)20-13-6-10-24(11-7-13)16-21-14(19)12-15(22-16)23-8-4-5-9-23/h12-13H,4-11H2,1-3H3,(H,20,25). The van der Waals surface area contributed by atoms with Crippen LogP contribution in [0.3, 0.4) is 0 Å². The summed E-state index contributed by atoms with van der Waals surface area (Å²) >= 11 is 6.23. The first-order valence-corrected chi connectivity index (χ1v) is 9.72. The molecule has 0 aromatic carbocycles. The SMILES string of the molecule is CC(C)(C)OC(=O)NC1CCN(c2nc(Cl)cc(N3CCCC3)n2)CC1. The highest BCUT2D eigenvalue weighted by molar-refractivity contribution is 6.29. The second-order valence-electron chi connectivity index (χ2n) is 7.95. The van der Waals surface area contributed by atoms with Crippen LogP contribution in [0.1, 0.15) is 46.5 Å². The summed E-state index contributed by atoms with van der Waals surface area (Å²) in [6.45, 7) is 9.20. The molecule has 0 saturated carbocycles. The van der Waals surface area contributed by atoms with Crippen molar-refractivity contribution in [2.45, 2.75) is 58.1 Å². The maximum absolute atomic E-state index is 11.9. The molecular weight excluding hydrogens is 354 g/mol. The predicted molar refractivity (Wildman–Crippen MR) is 103 cm³/mol. The number of ether oxygens (including phenoxy) is 1. The molecule has 0 atom stereocenters. The number of carbonyl (C=O) groups excluding carboxylic acids is 1. The first-order chi connectivity index (χ1) is 12.3. The van der Waals surface area contributed by atoms with Gasteiger partial charge in [-0.3, -0.25) is 0 Å². The van der Waals surface area contributed by atoms with Crippen LogP contribution in [0.2, 0.25) is 5.15 Å². The lowest BCUT2D eigenvalue weighted by Crippen LogP contribution is -2.46. The van der Waals surface area contributed by atoms with Gasteiger partial charge in [-0.2, -0.15) is 4.98 Å². The van der Waals surface area contributed by atoms with Crippen LogP contribution in [0.25, 0.3) is 0 Å². The molecule has 144 valence electrons. The van der Waals surface area contributed by atoms with E-state index in [1.165, 1.54) is 12.8 Å². The average Bonchev–Trinajstić information content (AvgIpc) is 3.07. The average molecular weight is 382 g/mol. The van der Waals surface area contributed by atoms with Crippen molar-refractivity contribution >= 4 is 29.5 Å². The maximum Gasteiger partial charge on any atom is 0.407 e. The fraction of sp³-hybridized carbons (Fsp3) is 0.722. The van der Waals surface area contributed by atoms with Gasteiger partial charge in [-0.15, -0.1) is 0 Å². The van der Waals surface area contributed by atoms with E-state index in [4.69, 9.17) is 21.3 Å². The van der Waals surface area contributed by atoms with Crippen LogP contribution in [0, 0.1) is 0 Å². The lowest BCUT2D eigenvalue weighted by atomic mass is 10.1. The molecule has 1 N–H and O–H groups in total. The van der Waals surface area contributed by atoms with E-state index >= 15 is 0 Å². The molecule has 1 amide bonds. The Hall–Kier alpha value is -1.76. The number of amides is 1. The van der Waals surface area contributed by atoms with Crippen molar-refractivity contribution < 1.29 is 9.53 Å². The molecule has 3 heterocycles. The molecule has 26 heavy (non-hydrogen) atoms. The van der Waals surface area contributed by atoms with Crippen molar-refractivity contribution in [2.75, 3.05) is 36.0 Å². The van der Waals surface area contributed by atoms with Gasteiger partial charge in [-0.25, -0.2) is 9.78 Å². The number of rotatable bonds is 3. The number of aromatic nitrogens is 2. The summed E-state index contributed by atoms with van der Waals surface area (Å²) in [5.74, 6) is 1.58. The third-order valence-corrected chi connectivity index (χ3v) is 4.79. The second kappa shape index (κ2) is 7.86. The van der Waals surface area contributed by atoms with Gasteiger partial charge in [0.05, 0.1) is 0 Å². The summed E-state index contributed by atoms with van der Waals surface area (Å²) in [5, 5.41) is 3.43. The van der Waals surface area contributed by atoms with Crippen molar-refractivity contribution in [2.24, 2.45) is 0 Å². The van der Waals surface area contributed by atoms with Crippen molar-refractivity contribution in [1.29, 1.82) is 0 Å². The normalized spacial score (nSPS) is 18.9. The van der Waals surface area contributed by atoms with Gasteiger partial charge in [0.25, 0.3) is 0 Å². The summed E-state index contributed by atoms with van der Waals surface area (Å²) in [7, 11) is 0. The van der Waals surface area contributed by atoms with E-state index in [1.54, 1.807) is 0 Å². The van der Waals surface area contributed by atoms with E-state index in [0.29, 0.717) is 11.1 Å². The van der Waals surface area contributed by atoms with Crippen molar-refractivity contribution in [1.82, 2.24) is 15.3 Å². The minimum absolute atomic E-state index is 0.110. The van der Waals surface area contributed by atoms with Crippen molar-refractivity contribution in [3.8, 4) is 0 Å². The first kappa shape index (κ1) is 19.0. The molecule has 2 fully saturated rings. The summed E-state index contributed by atoms with van der Waals surface area (Å²) in [6, 6.07) is 1.95. The van der Waals surface area contributed by atoms with E-state index < -0.39 is 5.60 Å². The number of anilines is 2. The van der Waals surface area contributed by atoms with E-state index in [2.05, 4.69) is 20.1 Å². The number of hydrogen-bond donors (Lipinski definition) is 1. The summed E-state index contributed by atoms with van der Waals surface area (Å²) in [5.41, 5.74) is -0.481. The molecule has 0 aliphatic carbocycles. The van der Waals surface area contributed by atoms with E-state index in [1.807, 2.05) is 26.8 Å². The number of nitrogens with one attached hydrogen (secondary N) is 1. The number of carbonyl (C=O) groups is 1. The molecule has 1 aromatic rings. The Morgan fingerprint density at radius 3 is 2.42 bits per heavy atom. The molecule has 2 aliphatic heterocycles. The van der Waals surface area contributed by atoms with E-state index in [9.17, 15) is 4.79 Å². The summed E-state index contributed by atoms with van der Waals surface area (Å²) in [4.78, 5) is 25.4. The highest BCUT2D eigenvalue weighted by Crippen LogP contribution is 2.25. The zero-order valence-electron chi connectivity index (χ0n) is 15.8. The minimum Gasteiger partial charge on any atom is -0.444 e. The molecule has 2 aliphatic rings. The number of alkyl carbamates (subject to hydrolysis) is 1. The predicted octanol–water partition coefficient (Wildman–Crippen LogP) is 3.22. The Kier molecular flexibility index (Phi) is 5.75. The van der Waals surface area contributed by atoms with Gasteiger partial charge >= 0.3 is 6.09 Å². The van der Waals surface area contributed by atoms with Gasteiger partial charge in [-0.05, 0) is 46.5 Å². The summed E-state index contributed by atoms with van der Waals surface area (Å²) < 4.78 is 5.33. The third-order valence-electron chi connectivity index (χ3n) is 4.60. The zero-order valence-corrected chi connectivity index (χ0v) is 16.6. The maximum atomic E-state index is 11.9. The lowest BCUT2D eigenvalue weighted by molar-refractivity contribution is 0.0497. The van der Waals surface area contributed by atoms with E-state index in [-0.39, 0.29) is 12.1 Å². The lowest BCUT2D eigenvalue weighted by Gasteiger charge is -2.33. The number of hydrogen-bond acceptors (Lipinski definition) is 6. The molecule has 8 heteroatoms. The fourth-order valence-corrected chi connectivity index (χ4v) is 3.51. The van der Waals surface area contributed by atoms with Crippen molar-refractivity contribution in [3.63, 3.8) is 0 Å². The Labute approximate surface area is 160 Å². The minimum atomic E-state index is -0.481. The smallest absolute Gasteiger partial charge is 0.407 e. The van der Waals surface area contributed by atoms with Crippen LogP contribution in [-0.4, -0.2) is 53.9 Å². The zero-order chi connectivity index (χ0) is 18.7. The Balaban J connectivity index is 1.57. The Bertz CT molecular complexity index is 635. The number of halogens is 1. The molecule has 0 radical (unpaired) electrons. The van der Waals surface area contributed by atoms with Crippen LogP contribution >= 0.6 is 11.6 Å². The van der Waals surface area contributed by atoms with Gasteiger partial charge in [0.2, 0.25) is 5.95 Å². The first-order valence-electron chi connectivity index (χ1n) is 9.34. The van der Waals surface area contributed by atoms with Crippen LogP contribution in [0.4, 0.5) is 16.6 Å². The summed E-state index contributed by atoms with van der Waals surface area (Å²) in [6.07, 6.45) is 3.69. The molecular formula is C18H28ClN5O2. The van der Waals surface area contributed by atoms with Gasteiger partial charge < -0.3 is 19.9 Å². The van der Waals surface area contributed by atoms with Crippen LogP contribution < -0.4 is 15.1 Å². The largest absolute Gasteiger partial charge is 0.444 e. The Morgan fingerprint density at radius 1 is 1.15 bits per heavy atom. The highest BCUT2D eigenvalue weighted by atomic mass is 35.5. The number of piperidine rings is 1. The molecule has 3 rings (SSSR count). The third kappa shape index (κ3) is 5.13. The molecule has 0 bridgehead atoms. The fourth-order valence-electron chi connectivity index (χ4n) is 3.34. The van der Waals surface area contributed by atoms with Crippen LogP contribution in [-0.2, 0) is 4.74 Å². The molecule has 7 nitrogen and oxygen atoms in total. The van der Waals surface area contributed by atoms with Gasteiger partial charge in [0.1, 0.15) is 16.6 Å². The van der Waals surface area contributed by atoms with Crippen LogP contribution in [0.15, 0.2) is 6.07 Å².